The number of thiazole rings is 1. The van der Waals surface area contributed by atoms with Crippen LogP contribution in [0.1, 0.15) is 26.5 Å². The van der Waals surface area contributed by atoms with Gasteiger partial charge in [0.05, 0.1) is 29.4 Å². The number of nitrogens with zero attached hydrogens (tertiary/aromatic N) is 3. The quantitative estimate of drug-likeness (QED) is 0.541. The molecule has 3 heterocycles. The highest BCUT2D eigenvalue weighted by Gasteiger charge is 2.28. The monoisotopic (exact) mass is 516 g/mol. The molecule has 3 aromatic rings. The first kappa shape index (κ1) is 24.0. The summed E-state index contributed by atoms with van der Waals surface area (Å²) in [6.45, 7) is 3.43. The number of ether oxygens (including phenoxy) is 1. The van der Waals surface area contributed by atoms with Crippen molar-refractivity contribution in [1.82, 2.24) is 14.2 Å². The van der Waals surface area contributed by atoms with E-state index in [1.54, 1.807) is 0 Å². The number of amides is 1. The number of hydrogen-bond donors (Lipinski definition) is 1. The van der Waals surface area contributed by atoms with Gasteiger partial charge in [-0.2, -0.15) is 4.31 Å². The highest BCUT2D eigenvalue weighted by atomic mass is 32.2. The highest BCUT2D eigenvalue weighted by Crippen LogP contribution is 2.30. The number of morpholine rings is 1. The van der Waals surface area contributed by atoms with Crippen LogP contribution in [0.15, 0.2) is 53.4 Å². The average molecular weight is 517 g/mol. The number of carbonyl (C=O) groups excluding carboxylic acids is 1. The lowest BCUT2D eigenvalue weighted by atomic mass is 10.1. The fourth-order valence-electron chi connectivity index (χ4n) is 4.22. The van der Waals surface area contributed by atoms with Crippen LogP contribution in [-0.2, 0) is 34.3 Å². The Kier molecular flexibility index (Phi) is 6.94. The predicted molar refractivity (Wildman–Crippen MR) is 130 cm³/mol. The second-order valence-electron chi connectivity index (χ2n) is 8.45. The maximum absolute atomic E-state index is 14.5. The van der Waals surface area contributed by atoms with Gasteiger partial charge in [-0.1, -0.05) is 30.3 Å². The van der Waals surface area contributed by atoms with Crippen molar-refractivity contribution in [2.24, 2.45) is 0 Å². The van der Waals surface area contributed by atoms with Crippen LogP contribution in [0.3, 0.4) is 0 Å². The van der Waals surface area contributed by atoms with E-state index >= 15 is 0 Å². The molecule has 35 heavy (non-hydrogen) atoms. The molecule has 0 bridgehead atoms. The van der Waals surface area contributed by atoms with E-state index in [1.165, 1.54) is 27.3 Å². The number of aromatic nitrogens is 1. The summed E-state index contributed by atoms with van der Waals surface area (Å²) in [6, 6.07) is 13.5. The van der Waals surface area contributed by atoms with Gasteiger partial charge >= 0.3 is 0 Å². The van der Waals surface area contributed by atoms with Crippen LogP contribution in [0.2, 0.25) is 0 Å². The van der Waals surface area contributed by atoms with Gasteiger partial charge in [0.2, 0.25) is 10.0 Å². The molecule has 1 aromatic heterocycles. The van der Waals surface area contributed by atoms with Gasteiger partial charge in [0.25, 0.3) is 5.91 Å². The summed E-state index contributed by atoms with van der Waals surface area (Å²) < 4.78 is 46.9. The number of carbonyl (C=O) groups is 1. The van der Waals surface area contributed by atoms with E-state index in [9.17, 15) is 17.6 Å². The van der Waals surface area contributed by atoms with Gasteiger partial charge in [-0.3, -0.25) is 15.0 Å². The van der Waals surface area contributed by atoms with Gasteiger partial charge in [-0.15, -0.1) is 11.3 Å². The maximum Gasteiger partial charge on any atom is 0.260 e. The summed E-state index contributed by atoms with van der Waals surface area (Å²) in [5.41, 5.74) is 1.83. The lowest BCUT2D eigenvalue weighted by molar-refractivity contribution is 0.0730. The third kappa shape index (κ3) is 5.29. The van der Waals surface area contributed by atoms with E-state index in [0.29, 0.717) is 18.3 Å². The van der Waals surface area contributed by atoms with Gasteiger partial charge in [0.15, 0.2) is 5.13 Å². The number of halogens is 1. The number of benzene rings is 2. The summed E-state index contributed by atoms with van der Waals surface area (Å²) in [5, 5.41) is 3.04. The molecule has 0 atom stereocenters. The molecule has 5 rings (SSSR count). The second kappa shape index (κ2) is 10.1. The molecule has 0 spiro atoms. The van der Waals surface area contributed by atoms with E-state index in [4.69, 9.17) is 4.74 Å². The van der Waals surface area contributed by atoms with Crippen LogP contribution in [-0.4, -0.2) is 61.4 Å². The van der Waals surface area contributed by atoms with E-state index in [0.717, 1.165) is 48.8 Å². The SMILES string of the molecule is O=C(Nc1nc2c(s1)CN(Cc1ccccc1)CC2)c1cc(S(=O)(=O)N2CCOCC2)ccc1F. The predicted octanol–water partition coefficient (Wildman–Crippen LogP) is 3.11. The topological polar surface area (TPSA) is 91.8 Å². The zero-order valence-electron chi connectivity index (χ0n) is 18.9. The first-order chi connectivity index (χ1) is 16.9. The zero-order valence-corrected chi connectivity index (χ0v) is 20.6. The van der Waals surface area contributed by atoms with E-state index in [1.807, 2.05) is 18.2 Å². The number of nitrogens with one attached hydrogen (secondary N) is 1. The second-order valence-corrected chi connectivity index (χ2v) is 11.5. The Morgan fingerprint density at radius 3 is 2.66 bits per heavy atom. The normalized spacial score (nSPS) is 17.2. The van der Waals surface area contributed by atoms with Gasteiger partial charge in [0.1, 0.15) is 5.82 Å². The molecule has 1 fully saturated rings. The van der Waals surface area contributed by atoms with Crippen molar-refractivity contribution in [2.75, 3.05) is 38.2 Å². The Balaban J connectivity index is 1.30. The number of fused-ring (bicyclic) bond motifs is 1. The van der Waals surface area contributed by atoms with Gasteiger partial charge in [-0.25, -0.2) is 17.8 Å². The van der Waals surface area contributed by atoms with Crippen LogP contribution in [0.4, 0.5) is 9.52 Å². The molecule has 184 valence electrons. The van der Waals surface area contributed by atoms with Crippen molar-refractivity contribution >= 4 is 32.4 Å². The van der Waals surface area contributed by atoms with Crippen molar-refractivity contribution in [3.05, 3.63) is 76.0 Å². The molecule has 1 amide bonds. The molecule has 2 aliphatic rings. The number of anilines is 1. The molecule has 8 nitrogen and oxygen atoms in total. The minimum atomic E-state index is -3.85. The summed E-state index contributed by atoms with van der Waals surface area (Å²) in [4.78, 5) is 20.7. The van der Waals surface area contributed by atoms with Crippen molar-refractivity contribution in [3.63, 3.8) is 0 Å². The Bertz CT molecular complexity index is 1320. The Hall–Kier alpha value is -2.70. The molecule has 0 unspecified atom stereocenters. The van der Waals surface area contributed by atoms with Crippen LogP contribution in [0.25, 0.3) is 0 Å². The van der Waals surface area contributed by atoms with Gasteiger partial charge in [0, 0.05) is 44.0 Å². The third-order valence-corrected chi connectivity index (χ3v) is 8.96. The molecule has 1 saturated heterocycles. The minimum Gasteiger partial charge on any atom is -0.379 e. The van der Waals surface area contributed by atoms with Crippen molar-refractivity contribution in [1.29, 1.82) is 0 Å². The zero-order chi connectivity index (χ0) is 24.4. The van der Waals surface area contributed by atoms with E-state index in [2.05, 4.69) is 27.3 Å². The van der Waals surface area contributed by atoms with Gasteiger partial charge < -0.3 is 4.74 Å². The fourth-order valence-corrected chi connectivity index (χ4v) is 6.70. The third-order valence-electron chi connectivity index (χ3n) is 6.07. The molecule has 0 aliphatic carbocycles. The molecule has 1 N–H and O–H groups in total. The number of hydrogen-bond acceptors (Lipinski definition) is 7. The summed E-state index contributed by atoms with van der Waals surface area (Å²) >= 11 is 1.36. The Morgan fingerprint density at radius 1 is 1.11 bits per heavy atom. The summed E-state index contributed by atoms with van der Waals surface area (Å²) in [6.07, 6.45) is 0.760. The molecule has 0 radical (unpaired) electrons. The first-order valence-electron chi connectivity index (χ1n) is 11.3. The van der Waals surface area contributed by atoms with E-state index < -0.39 is 21.7 Å². The number of rotatable bonds is 6. The molecule has 2 aliphatic heterocycles. The lowest BCUT2D eigenvalue weighted by Crippen LogP contribution is -2.40. The first-order valence-corrected chi connectivity index (χ1v) is 13.6. The van der Waals surface area contributed by atoms with Crippen LogP contribution < -0.4 is 5.32 Å². The van der Waals surface area contributed by atoms with Crippen LogP contribution in [0, 0.1) is 5.82 Å². The van der Waals surface area contributed by atoms with Crippen molar-refractivity contribution in [3.8, 4) is 0 Å². The van der Waals surface area contributed by atoms with Crippen LogP contribution >= 0.6 is 11.3 Å². The van der Waals surface area contributed by atoms with E-state index in [-0.39, 0.29) is 23.5 Å². The number of sulfonamides is 1. The lowest BCUT2D eigenvalue weighted by Gasteiger charge is -2.26. The molecular weight excluding hydrogens is 491 g/mol. The Labute approximate surface area is 207 Å². The summed E-state index contributed by atoms with van der Waals surface area (Å²) in [7, 11) is -3.85. The maximum atomic E-state index is 14.5. The molecular formula is C24H25FN4O4S2. The Morgan fingerprint density at radius 2 is 1.89 bits per heavy atom. The largest absolute Gasteiger partial charge is 0.379 e. The minimum absolute atomic E-state index is 0.124. The molecule has 2 aromatic carbocycles. The van der Waals surface area contributed by atoms with Gasteiger partial charge in [-0.05, 0) is 23.8 Å². The summed E-state index contributed by atoms with van der Waals surface area (Å²) in [5.74, 6) is -1.52. The van der Waals surface area contributed by atoms with Crippen molar-refractivity contribution in [2.45, 2.75) is 24.4 Å². The van der Waals surface area contributed by atoms with Crippen LogP contribution in [0.5, 0.6) is 0 Å². The van der Waals surface area contributed by atoms with Crippen molar-refractivity contribution < 1.29 is 22.3 Å². The smallest absolute Gasteiger partial charge is 0.260 e. The highest BCUT2D eigenvalue weighted by molar-refractivity contribution is 7.89. The average Bonchev–Trinajstić information content (AvgIpc) is 3.26. The fraction of sp³-hybridized carbons (Fsp3) is 0.333. The molecule has 0 saturated carbocycles. The molecule has 11 heteroatoms. The standard InChI is InChI=1S/C24H25FN4O4S2/c25-20-7-6-18(35(31,32)29-10-12-33-13-11-29)14-19(20)23(30)27-24-26-21-8-9-28(16-22(21)34-24)15-17-4-2-1-3-5-17/h1-7,14H,8-13,15-16H2,(H,26,27,30).